The summed E-state index contributed by atoms with van der Waals surface area (Å²) in [7, 11) is -3.11. The molecule has 0 atom stereocenters. The van der Waals surface area contributed by atoms with Gasteiger partial charge in [-0.3, -0.25) is 4.68 Å². The van der Waals surface area contributed by atoms with Gasteiger partial charge in [-0.05, 0) is 47.6 Å². The largest absolute Gasteiger partial charge is 0.313 e. The Morgan fingerprint density at radius 3 is 2.38 bits per heavy atom. The third-order valence-electron chi connectivity index (χ3n) is 3.76. The molecule has 1 aromatic heterocycles. The summed E-state index contributed by atoms with van der Waals surface area (Å²) in [6.45, 7) is 13.5. The standard InChI is InChI=1S/C15H29N3O2S/c1-7-8-16-11-14-12(2)17-18(13(14)3)9-10-21(19,20)15(4,5)6/h16H,7-11H2,1-6H3. The topological polar surface area (TPSA) is 64.0 Å². The van der Waals surface area contributed by atoms with Crippen molar-refractivity contribution in [2.75, 3.05) is 12.3 Å². The molecule has 0 aliphatic rings. The molecular formula is C15H29N3O2S. The molecule has 6 heteroatoms. The van der Waals surface area contributed by atoms with Gasteiger partial charge >= 0.3 is 0 Å². The summed E-state index contributed by atoms with van der Waals surface area (Å²) in [6.07, 6.45) is 1.09. The smallest absolute Gasteiger partial charge is 0.157 e. The van der Waals surface area contributed by atoms with Crippen LogP contribution in [0.1, 0.15) is 51.1 Å². The van der Waals surface area contributed by atoms with Crippen molar-refractivity contribution in [3.63, 3.8) is 0 Å². The molecule has 0 saturated carbocycles. The van der Waals surface area contributed by atoms with Crippen molar-refractivity contribution in [3.8, 4) is 0 Å². The highest BCUT2D eigenvalue weighted by atomic mass is 32.2. The van der Waals surface area contributed by atoms with E-state index in [0.717, 1.165) is 30.9 Å². The summed E-state index contributed by atoms with van der Waals surface area (Å²) in [4.78, 5) is 0. The van der Waals surface area contributed by atoms with Crippen LogP contribution >= 0.6 is 0 Å². The van der Waals surface area contributed by atoms with Gasteiger partial charge in [-0.1, -0.05) is 6.92 Å². The second-order valence-corrected chi connectivity index (χ2v) is 9.34. The first-order valence-corrected chi connectivity index (χ1v) is 9.21. The molecule has 5 nitrogen and oxygen atoms in total. The van der Waals surface area contributed by atoms with Gasteiger partial charge in [-0.2, -0.15) is 5.10 Å². The van der Waals surface area contributed by atoms with Crippen LogP contribution in [0, 0.1) is 13.8 Å². The first-order valence-electron chi connectivity index (χ1n) is 7.56. The molecular weight excluding hydrogens is 286 g/mol. The van der Waals surface area contributed by atoms with Crippen molar-refractivity contribution in [2.24, 2.45) is 0 Å². The van der Waals surface area contributed by atoms with Crippen molar-refractivity contribution in [3.05, 3.63) is 17.0 Å². The molecule has 0 aliphatic heterocycles. The molecule has 0 aromatic carbocycles. The van der Waals surface area contributed by atoms with Crippen LogP contribution < -0.4 is 5.32 Å². The minimum Gasteiger partial charge on any atom is -0.313 e. The maximum absolute atomic E-state index is 12.2. The highest BCUT2D eigenvalue weighted by Crippen LogP contribution is 2.18. The average molecular weight is 315 g/mol. The normalized spacial score (nSPS) is 12.9. The molecule has 0 unspecified atom stereocenters. The molecule has 1 heterocycles. The number of nitrogens with zero attached hydrogens (tertiary/aromatic N) is 2. The Hall–Kier alpha value is -0.880. The molecule has 0 aliphatic carbocycles. The fourth-order valence-corrected chi connectivity index (χ4v) is 3.14. The zero-order valence-electron chi connectivity index (χ0n) is 14.2. The van der Waals surface area contributed by atoms with Crippen LogP contribution in [-0.2, 0) is 22.9 Å². The Bertz CT molecular complexity index is 568. The Kier molecular flexibility index (Phi) is 5.99. The van der Waals surface area contributed by atoms with Crippen LogP contribution in [0.4, 0.5) is 0 Å². The van der Waals surface area contributed by atoms with Crippen molar-refractivity contribution in [2.45, 2.75) is 65.8 Å². The molecule has 0 radical (unpaired) electrons. The molecule has 21 heavy (non-hydrogen) atoms. The monoisotopic (exact) mass is 315 g/mol. The van der Waals surface area contributed by atoms with E-state index in [2.05, 4.69) is 17.3 Å². The summed E-state index contributed by atoms with van der Waals surface area (Å²) < 4.78 is 25.5. The summed E-state index contributed by atoms with van der Waals surface area (Å²) in [5, 5.41) is 7.86. The summed E-state index contributed by atoms with van der Waals surface area (Å²) >= 11 is 0. The quantitative estimate of drug-likeness (QED) is 0.784. The predicted molar refractivity (Wildman–Crippen MR) is 87.2 cm³/mol. The van der Waals surface area contributed by atoms with E-state index in [-0.39, 0.29) is 5.75 Å². The number of nitrogens with one attached hydrogen (secondary N) is 1. The average Bonchev–Trinajstić information content (AvgIpc) is 2.62. The zero-order valence-corrected chi connectivity index (χ0v) is 15.0. The number of aromatic nitrogens is 2. The summed E-state index contributed by atoms with van der Waals surface area (Å²) in [5.41, 5.74) is 3.21. The molecule has 0 fully saturated rings. The fourth-order valence-electron chi connectivity index (χ4n) is 2.11. The molecule has 1 N–H and O–H groups in total. The van der Waals surface area contributed by atoms with E-state index in [1.807, 2.05) is 18.5 Å². The van der Waals surface area contributed by atoms with Gasteiger partial charge in [0.25, 0.3) is 0 Å². The molecule has 0 bridgehead atoms. The van der Waals surface area contributed by atoms with E-state index in [4.69, 9.17) is 0 Å². The Labute approximate surface area is 129 Å². The third kappa shape index (κ3) is 4.54. The molecule has 1 rings (SSSR count). The highest BCUT2D eigenvalue weighted by Gasteiger charge is 2.28. The number of aryl methyl sites for hydroxylation is 2. The van der Waals surface area contributed by atoms with Crippen LogP contribution in [0.25, 0.3) is 0 Å². The van der Waals surface area contributed by atoms with Crippen LogP contribution in [-0.4, -0.2) is 35.2 Å². The Morgan fingerprint density at radius 1 is 1.24 bits per heavy atom. The maximum Gasteiger partial charge on any atom is 0.157 e. The first kappa shape index (κ1) is 18.2. The van der Waals surface area contributed by atoms with E-state index in [0.29, 0.717) is 6.54 Å². The number of rotatable bonds is 7. The highest BCUT2D eigenvalue weighted by molar-refractivity contribution is 7.92. The van der Waals surface area contributed by atoms with E-state index in [9.17, 15) is 8.42 Å². The number of hydrogen-bond acceptors (Lipinski definition) is 4. The van der Waals surface area contributed by atoms with Gasteiger partial charge in [0.05, 0.1) is 22.7 Å². The van der Waals surface area contributed by atoms with E-state index in [1.54, 1.807) is 20.8 Å². The Balaban J connectivity index is 2.80. The number of sulfone groups is 1. The van der Waals surface area contributed by atoms with Crippen molar-refractivity contribution in [1.29, 1.82) is 0 Å². The molecule has 0 spiro atoms. The van der Waals surface area contributed by atoms with E-state index < -0.39 is 14.6 Å². The van der Waals surface area contributed by atoms with Crippen molar-refractivity contribution >= 4 is 9.84 Å². The Morgan fingerprint density at radius 2 is 1.86 bits per heavy atom. The van der Waals surface area contributed by atoms with Crippen molar-refractivity contribution < 1.29 is 8.42 Å². The van der Waals surface area contributed by atoms with Crippen molar-refractivity contribution in [1.82, 2.24) is 15.1 Å². The summed E-state index contributed by atoms with van der Waals surface area (Å²) in [6, 6.07) is 0. The van der Waals surface area contributed by atoms with Gasteiger partial charge in [-0.15, -0.1) is 0 Å². The minimum atomic E-state index is -3.11. The lowest BCUT2D eigenvalue weighted by atomic mass is 10.2. The van der Waals surface area contributed by atoms with Gasteiger partial charge in [0.2, 0.25) is 0 Å². The maximum atomic E-state index is 12.2. The number of hydrogen-bond donors (Lipinski definition) is 1. The summed E-state index contributed by atoms with van der Waals surface area (Å²) in [5.74, 6) is 0.125. The lowest BCUT2D eigenvalue weighted by Gasteiger charge is -2.19. The van der Waals surface area contributed by atoms with Crippen LogP contribution in [0.2, 0.25) is 0 Å². The molecule has 122 valence electrons. The van der Waals surface area contributed by atoms with Crippen LogP contribution in [0.15, 0.2) is 0 Å². The van der Waals surface area contributed by atoms with Gasteiger partial charge in [-0.25, -0.2) is 8.42 Å². The fraction of sp³-hybridized carbons (Fsp3) is 0.800. The molecule has 1 aromatic rings. The molecule has 0 saturated heterocycles. The van der Waals surface area contributed by atoms with E-state index in [1.165, 1.54) is 5.56 Å². The third-order valence-corrected chi connectivity index (χ3v) is 6.35. The zero-order chi connectivity index (χ0) is 16.3. The first-order chi connectivity index (χ1) is 9.60. The van der Waals surface area contributed by atoms with Crippen LogP contribution in [0.5, 0.6) is 0 Å². The van der Waals surface area contributed by atoms with Gasteiger partial charge in [0.1, 0.15) is 0 Å². The lowest BCUT2D eigenvalue weighted by Crippen LogP contribution is -2.32. The lowest BCUT2D eigenvalue weighted by molar-refractivity contribution is 0.545. The van der Waals surface area contributed by atoms with E-state index >= 15 is 0 Å². The van der Waals surface area contributed by atoms with Crippen LogP contribution in [0.3, 0.4) is 0 Å². The minimum absolute atomic E-state index is 0.125. The van der Waals surface area contributed by atoms with Gasteiger partial charge < -0.3 is 5.32 Å². The second kappa shape index (κ2) is 6.92. The SMILES string of the molecule is CCCNCc1c(C)nn(CCS(=O)(=O)C(C)(C)C)c1C. The predicted octanol–water partition coefficient (Wildman–Crippen LogP) is 2.21. The second-order valence-electron chi connectivity index (χ2n) is 6.48. The van der Waals surface area contributed by atoms with Gasteiger partial charge in [0, 0.05) is 17.8 Å². The molecule has 0 amide bonds. The van der Waals surface area contributed by atoms with Gasteiger partial charge in [0.15, 0.2) is 9.84 Å².